The first-order valence-electron chi connectivity index (χ1n) is 4.96. The van der Waals surface area contributed by atoms with Gasteiger partial charge in [-0.3, -0.25) is 0 Å². The van der Waals surface area contributed by atoms with E-state index in [-0.39, 0.29) is 6.42 Å². The quantitative estimate of drug-likeness (QED) is 0.776. The van der Waals surface area contributed by atoms with Crippen LogP contribution in [0.1, 0.15) is 23.1 Å². The van der Waals surface area contributed by atoms with Crippen LogP contribution in [0.5, 0.6) is 0 Å². The van der Waals surface area contributed by atoms with Gasteiger partial charge in [-0.2, -0.15) is 0 Å². The molecule has 0 aliphatic heterocycles. The van der Waals surface area contributed by atoms with Gasteiger partial charge in [0.25, 0.3) is 5.92 Å². The third kappa shape index (κ3) is 1.02. The fraction of sp³-hybridized carbons (Fsp3) is 0.333. The summed E-state index contributed by atoms with van der Waals surface area (Å²) in [5, 5.41) is 10.2. The molecule has 1 aromatic rings. The molecule has 1 unspecified atom stereocenters. The minimum atomic E-state index is -3.09. The smallest absolute Gasteiger partial charge is 0.284 e. The molecule has 0 saturated heterocycles. The molecule has 84 valence electrons. The largest absolute Gasteiger partial charge is 0.378 e. The highest BCUT2D eigenvalue weighted by molar-refractivity contribution is 9.10. The van der Waals surface area contributed by atoms with E-state index in [1.807, 2.05) is 0 Å². The molecule has 0 amide bonds. The Morgan fingerprint density at radius 3 is 2.69 bits per heavy atom. The zero-order valence-corrected chi connectivity index (χ0v) is 9.94. The summed E-state index contributed by atoms with van der Waals surface area (Å²) in [5.74, 6) is -3.09. The van der Waals surface area contributed by atoms with Crippen molar-refractivity contribution in [2.45, 2.75) is 24.4 Å². The van der Waals surface area contributed by atoms with Gasteiger partial charge < -0.3 is 5.11 Å². The van der Waals surface area contributed by atoms with Crippen LogP contribution >= 0.6 is 15.9 Å². The van der Waals surface area contributed by atoms with Gasteiger partial charge in [0.2, 0.25) is 0 Å². The summed E-state index contributed by atoms with van der Waals surface area (Å²) in [6.07, 6.45) is -0.461. The predicted molar refractivity (Wildman–Crippen MR) is 60.3 cm³/mol. The van der Waals surface area contributed by atoms with Gasteiger partial charge in [0.15, 0.2) is 5.60 Å². The Balaban J connectivity index is 2.37. The fourth-order valence-corrected chi connectivity index (χ4v) is 3.27. The van der Waals surface area contributed by atoms with Gasteiger partial charge in [-0.25, -0.2) is 8.78 Å². The number of hydrogen-bond acceptors (Lipinski definition) is 1. The van der Waals surface area contributed by atoms with Crippen molar-refractivity contribution in [2.75, 3.05) is 0 Å². The van der Waals surface area contributed by atoms with Gasteiger partial charge in [-0.05, 0) is 28.8 Å². The number of rotatable bonds is 0. The van der Waals surface area contributed by atoms with Crippen LogP contribution in [0, 0.1) is 0 Å². The molecule has 0 spiro atoms. The van der Waals surface area contributed by atoms with Crippen molar-refractivity contribution >= 4 is 21.5 Å². The Hall–Kier alpha value is -0.740. The first kappa shape index (κ1) is 10.4. The van der Waals surface area contributed by atoms with Crippen molar-refractivity contribution in [3.8, 4) is 0 Å². The van der Waals surface area contributed by atoms with Crippen LogP contribution in [-0.2, 0) is 12.0 Å². The molecule has 1 aromatic carbocycles. The Labute approximate surface area is 99.9 Å². The predicted octanol–water partition coefficient (Wildman–Crippen LogP) is 3.25. The summed E-state index contributed by atoms with van der Waals surface area (Å²) in [7, 11) is 0. The van der Waals surface area contributed by atoms with Crippen molar-refractivity contribution in [1.82, 2.24) is 0 Å². The van der Waals surface area contributed by atoms with Gasteiger partial charge in [0.05, 0.1) is 0 Å². The van der Waals surface area contributed by atoms with E-state index < -0.39 is 17.9 Å². The first-order valence-corrected chi connectivity index (χ1v) is 5.76. The second-order valence-electron chi connectivity index (χ2n) is 4.51. The molecule has 0 saturated carbocycles. The maximum atomic E-state index is 13.8. The second-order valence-corrected chi connectivity index (χ2v) is 5.42. The molecule has 16 heavy (non-hydrogen) atoms. The molecule has 2 aliphatic rings. The molecule has 1 nitrogen and oxygen atoms in total. The third-order valence-electron chi connectivity index (χ3n) is 3.47. The summed E-state index contributed by atoms with van der Waals surface area (Å²) in [4.78, 5) is 0. The zero-order valence-electron chi connectivity index (χ0n) is 8.36. The number of halogens is 3. The first-order chi connectivity index (χ1) is 7.35. The number of aliphatic hydroxyl groups is 1. The summed E-state index contributed by atoms with van der Waals surface area (Å²) < 4.78 is 28.4. The second kappa shape index (κ2) is 2.74. The Bertz CT molecular complexity index is 524. The summed E-state index contributed by atoms with van der Waals surface area (Å²) in [6, 6.07) is 3.41. The van der Waals surface area contributed by atoms with Gasteiger partial charge in [-0.15, -0.1) is 0 Å². The molecule has 0 aromatic heterocycles. The van der Waals surface area contributed by atoms with Gasteiger partial charge >= 0.3 is 0 Å². The molecule has 3 rings (SSSR count). The van der Waals surface area contributed by atoms with Crippen molar-refractivity contribution < 1.29 is 13.9 Å². The van der Waals surface area contributed by atoms with Crippen LogP contribution < -0.4 is 0 Å². The lowest BCUT2D eigenvalue weighted by Crippen LogP contribution is -2.40. The van der Waals surface area contributed by atoms with E-state index >= 15 is 0 Å². The van der Waals surface area contributed by atoms with E-state index in [9.17, 15) is 13.9 Å². The molecule has 0 bridgehead atoms. The van der Waals surface area contributed by atoms with E-state index in [0.29, 0.717) is 22.3 Å². The van der Waals surface area contributed by atoms with Crippen molar-refractivity contribution in [3.05, 3.63) is 39.9 Å². The fourth-order valence-electron chi connectivity index (χ4n) is 2.76. The maximum Gasteiger partial charge on any atom is 0.284 e. The average molecular weight is 287 g/mol. The molecule has 1 N–H and O–H groups in total. The molecular weight excluding hydrogens is 278 g/mol. The van der Waals surface area contributed by atoms with Crippen molar-refractivity contribution in [1.29, 1.82) is 0 Å². The summed E-state index contributed by atoms with van der Waals surface area (Å²) in [6.45, 7) is 3.76. The number of hydrogen-bond donors (Lipinski definition) is 1. The third-order valence-corrected chi connectivity index (χ3v) is 3.92. The van der Waals surface area contributed by atoms with Crippen molar-refractivity contribution in [3.63, 3.8) is 0 Å². The van der Waals surface area contributed by atoms with Gasteiger partial charge in [0, 0.05) is 22.9 Å². The van der Waals surface area contributed by atoms with E-state index in [4.69, 9.17) is 0 Å². The molecule has 2 aliphatic carbocycles. The summed E-state index contributed by atoms with van der Waals surface area (Å²) >= 11 is 3.29. The minimum Gasteiger partial charge on any atom is -0.378 e. The van der Waals surface area contributed by atoms with Crippen LogP contribution in [0.4, 0.5) is 8.78 Å². The molecule has 1 atom stereocenters. The Morgan fingerprint density at radius 2 is 2.00 bits per heavy atom. The topological polar surface area (TPSA) is 20.2 Å². The summed E-state index contributed by atoms with van der Waals surface area (Å²) in [5.41, 5.74) is 0.125. The SMILES string of the molecule is C=C1CC2(O)c3c(cc(Br)cc31)CC2(F)F. The van der Waals surface area contributed by atoms with Crippen LogP contribution in [0.3, 0.4) is 0 Å². The molecule has 0 fully saturated rings. The lowest BCUT2D eigenvalue weighted by atomic mass is 9.95. The maximum absolute atomic E-state index is 13.8. The van der Waals surface area contributed by atoms with E-state index in [2.05, 4.69) is 22.5 Å². The van der Waals surface area contributed by atoms with Crippen LogP contribution in [0.15, 0.2) is 23.2 Å². The molecular formula is C12H9BrF2O. The number of alkyl halides is 2. The van der Waals surface area contributed by atoms with Crippen LogP contribution in [0.2, 0.25) is 0 Å². The van der Waals surface area contributed by atoms with E-state index in [1.165, 1.54) is 0 Å². The van der Waals surface area contributed by atoms with Gasteiger partial charge in [0.1, 0.15) is 0 Å². The normalized spacial score (nSPS) is 29.6. The lowest BCUT2D eigenvalue weighted by molar-refractivity contribution is -0.169. The number of benzene rings is 1. The highest BCUT2D eigenvalue weighted by Crippen LogP contribution is 2.58. The molecule has 0 heterocycles. The highest BCUT2D eigenvalue weighted by atomic mass is 79.9. The molecule has 4 heteroatoms. The average Bonchev–Trinajstić information content (AvgIpc) is 2.48. The van der Waals surface area contributed by atoms with E-state index in [1.54, 1.807) is 12.1 Å². The lowest BCUT2D eigenvalue weighted by Gasteiger charge is -2.26. The Kier molecular flexibility index (Phi) is 1.78. The minimum absolute atomic E-state index is 0.0706. The Morgan fingerprint density at radius 1 is 1.31 bits per heavy atom. The van der Waals surface area contributed by atoms with Gasteiger partial charge in [-0.1, -0.05) is 22.5 Å². The highest BCUT2D eigenvalue weighted by Gasteiger charge is 2.63. The zero-order chi connectivity index (χ0) is 11.7. The molecule has 0 radical (unpaired) electrons. The van der Waals surface area contributed by atoms with E-state index in [0.717, 1.165) is 4.47 Å². The standard InChI is InChI=1S/C12H9BrF2O/c1-6-4-11(16)10-7(5-12(11,14)15)2-8(13)3-9(6)10/h2-3,16H,1,4-5H2. The van der Waals surface area contributed by atoms with Crippen LogP contribution in [0.25, 0.3) is 5.57 Å². The van der Waals surface area contributed by atoms with Crippen molar-refractivity contribution in [2.24, 2.45) is 0 Å². The van der Waals surface area contributed by atoms with Crippen LogP contribution in [-0.4, -0.2) is 11.0 Å². The monoisotopic (exact) mass is 286 g/mol.